The Morgan fingerprint density at radius 1 is 1.20 bits per heavy atom. The maximum absolute atomic E-state index is 11.3. The van der Waals surface area contributed by atoms with E-state index in [2.05, 4.69) is 44.0 Å². The first kappa shape index (κ1) is 32.6. The first-order chi connectivity index (χ1) is 14.1. The Morgan fingerprint density at radius 2 is 1.80 bits per heavy atom. The molecule has 0 saturated heterocycles. The Kier molecular flexibility index (Phi) is 23.0. The minimum absolute atomic E-state index is 0. The molecule has 1 aliphatic rings. The summed E-state index contributed by atoms with van der Waals surface area (Å²) >= 11 is 6.26. The topological polar surface area (TPSA) is 41.6 Å². The summed E-state index contributed by atoms with van der Waals surface area (Å²) in [7, 11) is 1.62. The summed E-state index contributed by atoms with van der Waals surface area (Å²) in [5, 5.41) is 3.87. The predicted molar refractivity (Wildman–Crippen MR) is 126 cm³/mol. The number of methoxy groups -OCH3 is 1. The van der Waals surface area contributed by atoms with E-state index in [1.165, 1.54) is 24.8 Å². The molecule has 0 spiro atoms. The summed E-state index contributed by atoms with van der Waals surface area (Å²) in [6, 6.07) is 6.52. The van der Waals surface area contributed by atoms with Gasteiger partial charge >= 0.3 is 51.4 Å². The summed E-state index contributed by atoms with van der Waals surface area (Å²) in [6.45, 7) is 16.7. The monoisotopic (exact) mass is 462 g/mol. The zero-order chi connectivity index (χ0) is 22.1. The van der Waals surface area contributed by atoms with Gasteiger partial charge in [0.25, 0.3) is 0 Å². The number of rotatable bonds is 8. The molecular weight excluding hydrogens is 423 g/mol. The van der Waals surface area contributed by atoms with Crippen molar-refractivity contribution in [3.8, 4) is 0 Å². The molecule has 30 heavy (non-hydrogen) atoms. The van der Waals surface area contributed by atoms with Gasteiger partial charge in [-0.2, -0.15) is 6.92 Å². The fourth-order valence-electron chi connectivity index (χ4n) is 3.18. The van der Waals surface area contributed by atoms with Gasteiger partial charge < -0.3 is 35.7 Å². The van der Waals surface area contributed by atoms with Crippen molar-refractivity contribution in [3.05, 3.63) is 49.6 Å². The number of halogens is 1. The molecule has 1 saturated carbocycles. The molecule has 0 aliphatic heterocycles. The van der Waals surface area contributed by atoms with Crippen molar-refractivity contribution in [1.82, 2.24) is 5.32 Å². The Balaban J connectivity index is 0. The van der Waals surface area contributed by atoms with Crippen LogP contribution in [0.2, 0.25) is 5.02 Å². The summed E-state index contributed by atoms with van der Waals surface area (Å²) < 4.78 is 4.84. The quantitative estimate of drug-likeness (QED) is 0.477. The van der Waals surface area contributed by atoms with Crippen LogP contribution >= 0.6 is 11.6 Å². The van der Waals surface area contributed by atoms with E-state index in [1.54, 1.807) is 14.0 Å². The van der Waals surface area contributed by atoms with Crippen LogP contribution in [0, 0.1) is 20.8 Å². The predicted octanol–water partition coefficient (Wildman–Crippen LogP) is 2.69. The fourth-order valence-corrected chi connectivity index (χ4v) is 3.56. The number of carbonyl (C=O) groups excluding carboxylic acids is 1. The summed E-state index contributed by atoms with van der Waals surface area (Å²) in [4.78, 5) is 13.3. The van der Waals surface area contributed by atoms with Crippen molar-refractivity contribution in [2.45, 2.75) is 64.8 Å². The van der Waals surface area contributed by atoms with E-state index in [4.69, 9.17) is 16.3 Å². The number of aryl methyl sites for hydroxylation is 1. The van der Waals surface area contributed by atoms with Crippen molar-refractivity contribution in [1.29, 1.82) is 0 Å². The fraction of sp³-hybridized carbons (Fsp3) is 0.583. The molecule has 1 aromatic carbocycles. The van der Waals surface area contributed by atoms with Crippen LogP contribution in [0.1, 0.15) is 57.9 Å². The Hall–Kier alpha value is 0.376. The van der Waals surface area contributed by atoms with Crippen molar-refractivity contribution in [3.63, 3.8) is 0 Å². The summed E-state index contributed by atoms with van der Waals surface area (Å²) in [6.07, 6.45) is 7.59. The molecule has 1 aromatic rings. The first-order valence-corrected chi connectivity index (χ1v) is 11.0. The number of hydrogen-bond donors (Lipinski definition) is 1. The standard InChI is InChI=1S/C12H16ClN.C10H19NO2.C2H5.K/c1-4-10-8-7-9-11(12(10)13)14(5-2)6-3;1-13-8-7-10(12)11-9-5-3-2-4-6-9;1-2;/h7-9H,2-6H2,1H3;9H,2-8H2,1H3,(H,11,12);1H2,2H3;/q-2;;-1;+1. The molecular formula is C24H40ClKN2O2-2. The number of nitrogens with one attached hydrogen (secondary N) is 1. The normalized spacial score (nSPS) is 13.0. The van der Waals surface area contributed by atoms with Gasteiger partial charge in [-0.3, -0.25) is 4.79 Å². The molecule has 2 rings (SSSR count). The third kappa shape index (κ3) is 13.0. The molecule has 0 aromatic heterocycles. The second-order valence-electron chi connectivity index (χ2n) is 6.74. The van der Waals surface area contributed by atoms with Crippen molar-refractivity contribution < 1.29 is 60.9 Å². The third-order valence-electron chi connectivity index (χ3n) is 4.82. The average molecular weight is 463 g/mol. The van der Waals surface area contributed by atoms with Crippen LogP contribution in [-0.2, 0) is 16.0 Å². The van der Waals surface area contributed by atoms with Crippen LogP contribution < -0.4 is 61.6 Å². The molecule has 1 N–H and O–H groups in total. The molecule has 0 radical (unpaired) electrons. The van der Waals surface area contributed by atoms with E-state index in [9.17, 15) is 4.79 Å². The molecule has 168 valence electrons. The van der Waals surface area contributed by atoms with Gasteiger partial charge in [0.1, 0.15) is 0 Å². The van der Waals surface area contributed by atoms with E-state index in [-0.39, 0.29) is 57.3 Å². The average Bonchev–Trinajstić information content (AvgIpc) is 2.77. The number of anilines is 1. The van der Waals surface area contributed by atoms with E-state index < -0.39 is 0 Å². The van der Waals surface area contributed by atoms with Crippen molar-refractivity contribution in [2.24, 2.45) is 0 Å². The van der Waals surface area contributed by atoms with Gasteiger partial charge in [0.15, 0.2) is 0 Å². The molecule has 6 heteroatoms. The first-order valence-electron chi connectivity index (χ1n) is 10.7. The Morgan fingerprint density at radius 3 is 2.30 bits per heavy atom. The van der Waals surface area contributed by atoms with E-state index in [0.29, 0.717) is 32.2 Å². The molecule has 1 amide bonds. The molecule has 0 bridgehead atoms. The molecule has 0 atom stereocenters. The molecule has 0 unspecified atom stereocenters. The van der Waals surface area contributed by atoms with Gasteiger partial charge in [-0.1, -0.05) is 49.9 Å². The number of amides is 1. The Bertz CT molecular complexity index is 548. The van der Waals surface area contributed by atoms with Gasteiger partial charge in [-0.05, 0) is 30.9 Å². The zero-order valence-electron chi connectivity index (χ0n) is 19.6. The van der Waals surface area contributed by atoms with Crippen LogP contribution in [0.15, 0.2) is 18.2 Å². The summed E-state index contributed by atoms with van der Waals surface area (Å²) in [5.41, 5.74) is 2.21. The second-order valence-corrected chi connectivity index (χ2v) is 7.11. The molecule has 4 nitrogen and oxygen atoms in total. The smallest absolute Gasteiger partial charge is 0.430 e. The summed E-state index contributed by atoms with van der Waals surface area (Å²) in [5.74, 6) is 0.133. The van der Waals surface area contributed by atoms with E-state index in [1.807, 2.05) is 12.1 Å². The maximum atomic E-state index is 11.3. The maximum Gasteiger partial charge on any atom is 1.00 e. The van der Waals surface area contributed by atoms with Crippen molar-refractivity contribution in [2.75, 3.05) is 31.7 Å². The van der Waals surface area contributed by atoms with Gasteiger partial charge in [0.05, 0.1) is 17.3 Å². The van der Waals surface area contributed by atoms with Gasteiger partial charge in [0, 0.05) is 19.6 Å². The van der Waals surface area contributed by atoms with Gasteiger partial charge in [-0.25, -0.2) is 0 Å². The minimum atomic E-state index is 0. The second kappa shape index (κ2) is 21.2. The van der Waals surface area contributed by atoms with Crippen LogP contribution in [0.25, 0.3) is 0 Å². The zero-order valence-corrected chi connectivity index (χ0v) is 23.5. The van der Waals surface area contributed by atoms with E-state index in [0.717, 1.165) is 30.0 Å². The van der Waals surface area contributed by atoms with Gasteiger partial charge in [-0.15, -0.1) is 13.1 Å². The Labute approximate surface area is 233 Å². The third-order valence-corrected chi connectivity index (χ3v) is 5.26. The number of hydrogen-bond acceptors (Lipinski definition) is 3. The number of benzene rings is 1. The van der Waals surface area contributed by atoms with Crippen LogP contribution in [0.5, 0.6) is 0 Å². The van der Waals surface area contributed by atoms with Crippen LogP contribution in [-0.4, -0.2) is 38.8 Å². The van der Waals surface area contributed by atoms with Crippen LogP contribution in [0.3, 0.4) is 0 Å². The van der Waals surface area contributed by atoms with Crippen LogP contribution in [0.4, 0.5) is 5.69 Å². The SMILES string of the molecule is COCCC(=O)NC1CCCCC1.[CH2-]C.[CH2-]CN(C[CH2-])c1cccc(CC)c1Cl.[K+]. The van der Waals surface area contributed by atoms with E-state index >= 15 is 0 Å². The molecule has 1 aliphatic carbocycles. The minimum Gasteiger partial charge on any atom is -0.430 e. The number of nitrogens with zero attached hydrogens (tertiary/aromatic N) is 1. The number of carbonyl (C=O) groups is 1. The van der Waals surface area contributed by atoms with Gasteiger partial charge in [0.2, 0.25) is 5.91 Å². The molecule has 0 heterocycles. The van der Waals surface area contributed by atoms with Crippen molar-refractivity contribution >= 4 is 23.2 Å². The largest absolute Gasteiger partial charge is 1.00 e. The molecule has 1 fully saturated rings. The number of ether oxygens (including phenoxy) is 1.